The van der Waals surface area contributed by atoms with Gasteiger partial charge >= 0.3 is 0 Å². The topological polar surface area (TPSA) is 47.7 Å². The molecule has 1 fully saturated rings. The van der Waals surface area contributed by atoms with E-state index >= 15 is 0 Å². The molecule has 112 valence electrons. The highest BCUT2D eigenvalue weighted by atomic mass is 35.5. The van der Waals surface area contributed by atoms with Gasteiger partial charge in [-0.2, -0.15) is 0 Å². The summed E-state index contributed by atoms with van der Waals surface area (Å²) in [5, 5.41) is 0.598. The van der Waals surface area contributed by atoms with Crippen LogP contribution in [0.15, 0.2) is 18.2 Å². The van der Waals surface area contributed by atoms with Crippen LogP contribution in [0.5, 0.6) is 5.75 Å². The zero-order chi connectivity index (χ0) is 14.5. The van der Waals surface area contributed by atoms with Crippen LogP contribution in [0.3, 0.4) is 0 Å². The maximum absolute atomic E-state index is 6.35. The van der Waals surface area contributed by atoms with Crippen molar-refractivity contribution in [2.45, 2.75) is 25.5 Å². The molecule has 2 N–H and O–H groups in total. The molecule has 0 bridgehead atoms. The first-order valence-electron chi connectivity index (χ1n) is 7.08. The normalized spacial score (nSPS) is 21.7. The number of ether oxygens (including phenoxy) is 2. The minimum atomic E-state index is -0.166. The molecule has 0 spiro atoms. The van der Waals surface area contributed by atoms with E-state index < -0.39 is 0 Å². The molecular formula is C15H23ClN2O2. The number of methoxy groups -OCH3 is 1. The number of hydrogen-bond acceptors (Lipinski definition) is 4. The van der Waals surface area contributed by atoms with E-state index in [-0.39, 0.29) is 12.1 Å². The quantitative estimate of drug-likeness (QED) is 0.907. The van der Waals surface area contributed by atoms with Crippen LogP contribution in [-0.2, 0) is 4.74 Å². The number of morpholine rings is 1. The second-order valence-electron chi connectivity index (χ2n) is 5.13. The smallest absolute Gasteiger partial charge is 0.137 e. The fourth-order valence-electron chi connectivity index (χ4n) is 2.57. The molecule has 0 radical (unpaired) electrons. The van der Waals surface area contributed by atoms with Crippen molar-refractivity contribution in [1.82, 2.24) is 4.90 Å². The number of halogens is 1. The van der Waals surface area contributed by atoms with Crippen molar-refractivity contribution in [3.63, 3.8) is 0 Å². The van der Waals surface area contributed by atoms with Crippen LogP contribution in [-0.4, -0.2) is 44.4 Å². The summed E-state index contributed by atoms with van der Waals surface area (Å²) in [6.45, 7) is 5.88. The predicted octanol–water partition coefficient (Wildman–Crippen LogP) is 2.46. The standard InChI is InChI=1S/C15H23ClN2O2/c1-3-6-18-7-8-20-14(10-18)15(17)11-4-5-12(16)13(9-11)19-2/h4-5,9,14-15H,3,6-8,10,17H2,1-2H3. The summed E-state index contributed by atoms with van der Waals surface area (Å²) in [6.07, 6.45) is 1.16. The lowest BCUT2D eigenvalue weighted by atomic mass is 10.0. The summed E-state index contributed by atoms with van der Waals surface area (Å²) in [5.74, 6) is 0.654. The van der Waals surface area contributed by atoms with Crippen molar-refractivity contribution in [2.75, 3.05) is 33.4 Å². The Kier molecular flexibility index (Phi) is 5.66. The Morgan fingerprint density at radius 1 is 1.55 bits per heavy atom. The molecule has 1 aromatic carbocycles. The minimum Gasteiger partial charge on any atom is -0.495 e. The molecule has 1 aromatic rings. The van der Waals surface area contributed by atoms with Gasteiger partial charge < -0.3 is 15.2 Å². The SMILES string of the molecule is CCCN1CCOC(C(N)c2ccc(Cl)c(OC)c2)C1. The van der Waals surface area contributed by atoms with Gasteiger partial charge in [0.25, 0.3) is 0 Å². The molecule has 0 aromatic heterocycles. The zero-order valence-corrected chi connectivity index (χ0v) is 12.9. The Labute approximate surface area is 125 Å². The lowest BCUT2D eigenvalue weighted by Gasteiger charge is -2.35. The fraction of sp³-hybridized carbons (Fsp3) is 0.600. The first-order chi connectivity index (χ1) is 9.65. The molecule has 2 atom stereocenters. The summed E-state index contributed by atoms with van der Waals surface area (Å²) in [7, 11) is 1.61. The van der Waals surface area contributed by atoms with E-state index in [1.807, 2.05) is 18.2 Å². The Balaban J connectivity index is 2.08. The van der Waals surface area contributed by atoms with Crippen molar-refractivity contribution >= 4 is 11.6 Å². The van der Waals surface area contributed by atoms with Crippen LogP contribution in [0, 0.1) is 0 Å². The molecule has 20 heavy (non-hydrogen) atoms. The Morgan fingerprint density at radius 2 is 2.35 bits per heavy atom. The number of benzene rings is 1. The summed E-state index contributed by atoms with van der Waals surface area (Å²) < 4.78 is 11.1. The van der Waals surface area contributed by atoms with Crippen LogP contribution in [0.4, 0.5) is 0 Å². The summed E-state index contributed by atoms with van der Waals surface area (Å²) in [6, 6.07) is 5.50. The Morgan fingerprint density at radius 3 is 3.05 bits per heavy atom. The molecule has 4 nitrogen and oxygen atoms in total. The van der Waals surface area contributed by atoms with Crippen molar-refractivity contribution in [3.8, 4) is 5.75 Å². The first-order valence-corrected chi connectivity index (χ1v) is 7.46. The highest BCUT2D eigenvalue weighted by Gasteiger charge is 2.26. The summed E-state index contributed by atoms with van der Waals surface area (Å²) >= 11 is 6.05. The van der Waals surface area contributed by atoms with Gasteiger partial charge in [0, 0.05) is 13.1 Å². The lowest BCUT2D eigenvalue weighted by molar-refractivity contribution is -0.0408. The Bertz CT molecular complexity index is 440. The van der Waals surface area contributed by atoms with E-state index in [1.54, 1.807) is 7.11 Å². The van der Waals surface area contributed by atoms with Gasteiger partial charge in [0.1, 0.15) is 5.75 Å². The third-order valence-corrected chi connectivity index (χ3v) is 3.99. The molecular weight excluding hydrogens is 276 g/mol. The van der Waals surface area contributed by atoms with Crippen LogP contribution in [0.2, 0.25) is 5.02 Å². The molecule has 1 heterocycles. The monoisotopic (exact) mass is 298 g/mol. The Hall–Kier alpha value is -0.810. The molecule has 5 heteroatoms. The number of nitrogens with zero attached hydrogens (tertiary/aromatic N) is 1. The third kappa shape index (κ3) is 3.64. The molecule has 0 amide bonds. The minimum absolute atomic E-state index is 0.0150. The highest BCUT2D eigenvalue weighted by molar-refractivity contribution is 6.32. The van der Waals surface area contributed by atoms with Crippen molar-refractivity contribution in [2.24, 2.45) is 5.73 Å². The number of hydrogen-bond donors (Lipinski definition) is 1. The van der Waals surface area contributed by atoms with E-state index in [1.165, 1.54) is 0 Å². The highest BCUT2D eigenvalue weighted by Crippen LogP contribution is 2.29. The van der Waals surface area contributed by atoms with Gasteiger partial charge in [-0.15, -0.1) is 0 Å². The molecule has 0 saturated carbocycles. The van der Waals surface area contributed by atoms with Crippen LogP contribution < -0.4 is 10.5 Å². The predicted molar refractivity (Wildman–Crippen MR) is 81.4 cm³/mol. The van der Waals surface area contributed by atoms with E-state index in [0.717, 1.165) is 38.2 Å². The number of nitrogens with two attached hydrogens (primary N) is 1. The van der Waals surface area contributed by atoms with E-state index in [0.29, 0.717) is 10.8 Å². The lowest BCUT2D eigenvalue weighted by Crippen LogP contribution is -2.47. The molecule has 2 rings (SSSR count). The number of rotatable bonds is 5. The average molecular weight is 299 g/mol. The molecule has 2 unspecified atom stereocenters. The summed E-state index contributed by atoms with van der Waals surface area (Å²) in [5.41, 5.74) is 7.35. The van der Waals surface area contributed by atoms with Gasteiger partial charge in [-0.25, -0.2) is 0 Å². The van der Waals surface area contributed by atoms with Gasteiger partial charge in [0.15, 0.2) is 0 Å². The van der Waals surface area contributed by atoms with Gasteiger partial charge in [-0.1, -0.05) is 24.6 Å². The van der Waals surface area contributed by atoms with Crippen LogP contribution >= 0.6 is 11.6 Å². The van der Waals surface area contributed by atoms with Gasteiger partial charge in [-0.05, 0) is 30.7 Å². The second kappa shape index (κ2) is 7.27. The van der Waals surface area contributed by atoms with Crippen LogP contribution in [0.1, 0.15) is 24.9 Å². The van der Waals surface area contributed by atoms with Crippen molar-refractivity contribution in [3.05, 3.63) is 28.8 Å². The third-order valence-electron chi connectivity index (χ3n) is 3.68. The fourth-order valence-corrected chi connectivity index (χ4v) is 2.76. The van der Waals surface area contributed by atoms with E-state index in [4.69, 9.17) is 26.8 Å². The maximum Gasteiger partial charge on any atom is 0.137 e. The first kappa shape index (κ1) is 15.6. The molecule has 1 aliphatic rings. The van der Waals surface area contributed by atoms with E-state index in [2.05, 4.69) is 11.8 Å². The summed E-state index contributed by atoms with van der Waals surface area (Å²) in [4.78, 5) is 2.40. The average Bonchev–Trinajstić information content (AvgIpc) is 2.48. The molecule has 1 aliphatic heterocycles. The maximum atomic E-state index is 6.35. The van der Waals surface area contributed by atoms with Crippen molar-refractivity contribution in [1.29, 1.82) is 0 Å². The van der Waals surface area contributed by atoms with Gasteiger partial charge in [0.05, 0.1) is 30.9 Å². The van der Waals surface area contributed by atoms with Crippen molar-refractivity contribution < 1.29 is 9.47 Å². The van der Waals surface area contributed by atoms with E-state index in [9.17, 15) is 0 Å². The van der Waals surface area contributed by atoms with Crippen LogP contribution in [0.25, 0.3) is 0 Å². The zero-order valence-electron chi connectivity index (χ0n) is 12.1. The van der Waals surface area contributed by atoms with Gasteiger partial charge in [-0.3, -0.25) is 4.90 Å². The molecule has 1 saturated heterocycles. The largest absolute Gasteiger partial charge is 0.495 e. The molecule has 0 aliphatic carbocycles. The van der Waals surface area contributed by atoms with Gasteiger partial charge in [0.2, 0.25) is 0 Å². The second-order valence-corrected chi connectivity index (χ2v) is 5.54.